The minimum atomic E-state index is -0.892. The van der Waals surface area contributed by atoms with Gasteiger partial charge in [0.2, 0.25) is 0 Å². The Labute approximate surface area is 140 Å². The molecule has 0 atom stereocenters. The fourth-order valence-corrected chi connectivity index (χ4v) is 2.02. The fourth-order valence-electron chi connectivity index (χ4n) is 1.82. The number of nitrogens with zero attached hydrogens (tertiary/aromatic N) is 2. The monoisotopic (exact) mass is 345 g/mol. The lowest BCUT2D eigenvalue weighted by atomic mass is 10.1. The number of nitro groups is 1. The molecule has 0 aliphatic heterocycles. The first-order valence-corrected chi connectivity index (χ1v) is 6.91. The minimum Gasteiger partial charge on any atom is -0.319 e. The van der Waals surface area contributed by atoms with Gasteiger partial charge in [0.1, 0.15) is 17.5 Å². The van der Waals surface area contributed by atoms with E-state index in [4.69, 9.17) is 16.9 Å². The minimum absolute atomic E-state index is 0.303. The summed E-state index contributed by atoms with van der Waals surface area (Å²) >= 11 is 5.82. The first-order valence-electron chi connectivity index (χ1n) is 6.53. The van der Waals surface area contributed by atoms with Gasteiger partial charge in [-0.3, -0.25) is 14.9 Å². The Balaban J connectivity index is 2.29. The van der Waals surface area contributed by atoms with Crippen LogP contribution in [0.25, 0.3) is 6.08 Å². The molecule has 1 N–H and O–H groups in total. The van der Waals surface area contributed by atoms with Crippen LogP contribution in [0.15, 0.2) is 48.0 Å². The van der Waals surface area contributed by atoms with E-state index in [1.165, 1.54) is 6.08 Å². The summed E-state index contributed by atoms with van der Waals surface area (Å²) in [6.07, 6.45) is 1.27. The highest BCUT2D eigenvalue weighted by Gasteiger charge is 2.15. The Morgan fingerprint density at radius 2 is 2.08 bits per heavy atom. The SMILES string of the molecule is N#C/C(=C\c1cccc(Cl)c1)C(=O)Nc1cc([N+](=O)[O-])ccc1F. The molecule has 2 aromatic carbocycles. The molecule has 2 aromatic rings. The van der Waals surface area contributed by atoms with E-state index >= 15 is 0 Å². The van der Waals surface area contributed by atoms with Crippen molar-refractivity contribution < 1.29 is 14.1 Å². The van der Waals surface area contributed by atoms with E-state index in [0.29, 0.717) is 10.6 Å². The number of benzene rings is 2. The van der Waals surface area contributed by atoms with Crippen LogP contribution in [-0.2, 0) is 4.79 Å². The number of carbonyl (C=O) groups excluding carboxylic acids is 1. The number of rotatable bonds is 4. The van der Waals surface area contributed by atoms with Crippen LogP contribution in [-0.4, -0.2) is 10.8 Å². The maximum Gasteiger partial charge on any atom is 0.271 e. The highest BCUT2D eigenvalue weighted by Crippen LogP contribution is 2.22. The molecule has 24 heavy (non-hydrogen) atoms. The second kappa shape index (κ2) is 7.35. The van der Waals surface area contributed by atoms with Crippen molar-refractivity contribution in [1.82, 2.24) is 0 Å². The average molecular weight is 346 g/mol. The van der Waals surface area contributed by atoms with E-state index in [2.05, 4.69) is 5.32 Å². The zero-order chi connectivity index (χ0) is 17.7. The van der Waals surface area contributed by atoms with Crippen LogP contribution in [0, 0.1) is 27.3 Å². The van der Waals surface area contributed by atoms with E-state index < -0.39 is 16.6 Å². The molecule has 0 spiro atoms. The average Bonchev–Trinajstić information content (AvgIpc) is 2.54. The number of anilines is 1. The molecule has 0 aliphatic carbocycles. The lowest BCUT2D eigenvalue weighted by Crippen LogP contribution is -2.14. The standard InChI is InChI=1S/C16H9ClFN3O3/c17-12-3-1-2-10(7-12)6-11(9-19)16(22)20-15-8-13(21(23)24)4-5-14(15)18/h1-8H,(H,20,22)/b11-6+. The van der Waals surface area contributed by atoms with Crippen molar-refractivity contribution in [2.45, 2.75) is 0 Å². The van der Waals surface area contributed by atoms with Crippen molar-refractivity contribution in [3.05, 3.63) is 74.6 Å². The van der Waals surface area contributed by atoms with Crippen LogP contribution < -0.4 is 5.32 Å². The largest absolute Gasteiger partial charge is 0.319 e. The summed E-state index contributed by atoms with van der Waals surface area (Å²) in [5.74, 6) is -1.74. The zero-order valence-corrected chi connectivity index (χ0v) is 12.7. The molecular formula is C16H9ClFN3O3. The van der Waals surface area contributed by atoms with Crippen molar-refractivity contribution in [3.8, 4) is 6.07 Å². The molecule has 120 valence electrons. The van der Waals surface area contributed by atoms with Gasteiger partial charge in [0.05, 0.1) is 10.6 Å². The molecule has 0 heterocycles. The third-order valence-electron chi connectivity index (χ3n) is 2.93. The van der Waals surface area contributed by atoms with Gasteiger partial charge in [-0.25, -0.2) is 4.39 Å². The predicted molar refractivity (Wildman–Crippen MR) is 86.7 cm³/mol. The number of carbonyl (C=O) groups is 1. The number of hydrogen-bond acceptors (Lipinski definition) is 4. The van der Waals surface area contributed by atoms with Crippen LogP contribution in [0.2, 0.25) is 5.02 Å². The molecule has 0 saturated carbocycles. The van der Waals surface area contributed by atoms with Crippen LogP contribution in [0.1, 0.15) is 5.56 Å². The van der Waals surface area contributed by atoms with Gasteiger partial charge in [0, 0.05) is 17.2 Å². The lowest BCUT2D eigenvalue weighted by Gasteiger charge is -2.05. The molecule has 2 rings (SSSR count). The Kier molecular flexibility index (Phi) is 5.24. The lowest BCUT2D eigenvalue weighted by molar-refractivity contribution is -0.384. The first kappa shape index (κ1) is 17.1. The third kappa shape index (κ3) is 4.15. The van der Waals surface area contributed by atoms with Gasteiger partial charge in [-0.15, -0.1) is 0 Å². The van der Waals surface area contributed by atoms with Gasteiger partial charge in [0.15, 0.2) is 0 Å². The van der Waals surface area contributed by atoms with Crippen LogP contribution in [0.4, 0.5) is 15.8 Å². The predicted octanol–water partition coefficient (Wildman–Crippen LogP) is 3.93. The molecule has 0 radical (unpaired) electrons. The van der Waals surface area contributed by atoms with Crippen LogP contribution in [0.5, 0.6) is 0 Å². The smallest absolute Gasteiger partial charge is 0.271 e. The maximum atomic E-state index is 13.7. The summed E-state index contributed by atoms with van der Waals surface area (Å²) in [6.45, 7) is 0. The number of amides is 1. The molecule has 0 saturated heterocycles. The molecule has 0 fully saturated rings. The van der Waals surface area contributed by atoms with Crippen molar-refractivity contribution in [2.24, 2.45) is 0 Å². The van der Waals surface area contributed by atoms with Gasteiger partial charge in [-0.2, -0.15) is 5.26 Å². The van der Waals surface area contributed by atoms with E-state index in [1.807, 2.05) is 0 Å². The molecule has 1 amide bonds. The maximum absolute atomic E-state index is 13.7. The molecule has 8 heteroatoms. The highest BCUT2D eigenvalue weighted by molar-refractivity contribution is 6.30. The van der Waals surface area contributed by atoms with E-state index in [1.54, 1.807) is 30.3 Å². The fraction of sp³-hybridized carbons (Fsp3) is 0. The number of hydrogen-bond donors (Lipinski definition) is 1. The summed E-state index contributed by atoms with van der Waals surface area (Å²) < 4.78 is 13.7. The summed E-state index contributed by atoms with van der Waals surface area (Å²) in [7, 11) is 0. The van der Waals surface area contributed by atoms with Crippen LogP contribution >= 0.6 is 11.6 Å². The molecule has 0 unspecified atom stereocenters. The number of non-ortho nitro benzene ring substituents is 1. The number of nitriles is 1. The molecule has 0 aliphatic rings. The topological polar surface area (TPSA) is 96.0 Å². The molecule has 0 aromatic heterocycles. The highest BCUT2D eigenvalue weighted by atomic mass is 35.5. The Bertz CT molecular complexity index is 890. The molecule has 6 nitrogen and oxygen atoms in total. The Morgan fingerprint density at radius 1 is 1.33 bits per heavy atom. The number of nitro benzene ring substituents is 1. The summed E-state index contributed by atoms with van der Waals surface area (Å²) in [5, 5.41) is 22.4. The second-order valence-electron chi connectivity index (χ2n) is 4.60. The number of nitrogens with one attached hydrogen (secondary N) is 1. The van der Waals surface area contributed by atoms with E-state index in [0.717, 1.165) is 18.2 Å². The van der Waals surface area contributed by atoms with Gasteiger partial charge in [0.25, 0.3) is 11.6 Å². The van der Waals surface area contributed by atoms with Crippen molar-refractivity contribution >= 4 is 35.0 Å². The first-order chi connectivity index (χ1) is 11.4. The quantitative estimate of drug-likeness (QED) is 0.393. The summed E-state index contributed by atoms with van der Waals surface area (Å²) in [6, 6.07) is 10.8. The van der Waals surface area contributed by atoms with E-state index in [-0.39, 0.29) is 16.9 Å². The number of halogens is 2. The van der Waals surface area contributed by atoms with Gasteiger partial charge in [-0.1, -0.05) is 23.7 Å². The van der Waals surface area contributed by atoms with Crippen molar-refractivity contribution in [3.63, 3.8) is 0 Å². The van der Waals surface area contributed by atoms with Crippen LogP contribution in [0.3, 0.4) is 0 Å². The summed E-state index contributed by atoms with van der Waals surface area (Å²) in [4.78, 5) is 22.1. The second-order valence-corrected chi connectivity index (χ2v) is 5.04. The summed E-state index contributed by atoms with van der Waals surface area (Å²) in [5.41, 5.74) is -0.567. The van der Waals surface area contributed by atoms with E-state index in [9.17, 15) is 19.3 Å². The molecular weight excluding hydrogens is 337 g/mol. The third-order valence-corrected chi connectivity index (χ3v) is 3.17. The Morgan fingerprint density at radius 3 is 2.71 bits per heavy atom. The van der Waals surface area contributed by atoms with Crippen molar-refractivity contribution in [1.29, 1.82) is 5.26 Å². The molecule has 0 bridgehead atoms. The Hall–Kier alpha value is -3.24. The zero-order valence-electron chi connectivity index (χ0n) is 12.0. The van der Waals surface area contributed by atoms with Gasteiger partial charge >= 0.3 is 0 Å². The van der Waals surface area contributed by atoms with Gasteiger partial charge < -0.3 is 5.32 Å². The van der Waals surface area contributed by atoms with Gasteiger partial charge in [-0.05, 0) is 29.8 Å². The normalized spacial score (nSPS) is 10.8. The van der Waals surface area contributed by atoms with Crippen molar-refractivity contribution in [2.75, 3.05) is 5.32 Å².